The highest BCUT2D eigenvalue weighted by Gasteiger charge is 2.08. The number of carbonyl (C=O) groups excluding carboxylic acids is 1. The summed E-state index contributed by atoms with van der Waals surface area (Å²) in [6, 6.07) is 11.2. The largest absolute Gasteiger partial charge is 0.493 e. The summed E-state index contributed by atoms with van der Waals surface area (Å²) >= 11 is 0. The standard InChI is InChI=1S/C19H20FNO3/c1-13(15-6-8-16(20)9-7-15)21-19(22)11-5-14-4-10-17(23-2)18(12-14)24-3/h4-13H,1-3H3,(H,21,22)/b11-5+/t13-/m1/s1. The van der Waals surface area contributed by atoms with Gasteiger partial charge in [0.15, 0.2) is 11.5 Å². The van der Waals surface area contributed by atoms with Gasteiger partial charge in [0.05, 0.1) is 20.3 Å². The van der Waals surface area contributed by atoms with Crippen molar-refractivity contribution >= 4 is 12.0 Å². The fraction of sp³-hybridized carbons (Fsp3) is 0.211. The van der Waals surface area contributed by atoms with E-state index in [1.54, 1.807) is 44.6 Å². The average Bonchev–Trinajstić information content (AvgIpc) is 2.60. The van der Waals surface area contributed by atoms with Crippen molar-refractivity contribution in [2.45, 2.75) is 13.0 Å². The summed E-state index contributed by atoms with van der Waals surface area (Å²) < 4.78 is 23.3. The van der Waals surface area contributed by atoms with Gasteiger partial charge in [-0.2, -0.15) is 0 Å². The molecule has 2 aromatic rings. The van der Waals surface area contributed by atoms with Gasteiger partial charge < -0.3 is 14.8 Å². The van der Waals surface area contributed by atoms with Crippen molar-refractivity contribution in [3.8, 4) is 11.5 Å². The van der Waals surface area contributed by atoms with E-state index in [0.717, 1.165) is 11.1 Å². The molecule has 0 aliphatic heterocycles. The Morgan fingerprint density at radius 2 is 1.75 bits per heavy atom. The van der Waals surface area contributed by atoms with Crippen molar-refractivity contribution in [3.63, 3.8) is 0 Å². The minimum absolute atomic E-state index is 0.215. The molecule has 0 bridgehead atoms. The van der Waals surface area contributed by atoms with Crippen LogP contribution in [0.2, 0.25) is 0 Å². The molecule has 0 saturated heterocycles. The number of hydrogen-bond acceptors (Lipinski definition) is 3. The minimum Gasteiger partial charge on any atom is -0.493 e. The van der Waals surface area contributed by atoms with Crippen molar-refractivity contribution in [2.75, 3.05) is 14.2 Å². The lowest BCUT2D eigenvalue weighted by Crippen LogP contribution is -2.24. The summed E-state index contributed by atoms with van der Waals surface area (Å²) in [4.78, 5) is 12.0. The molecule has 0 heterocycles. The van der Waals surface area contributed by atoms with Crippen LogP contribution in [0.4, 0.5) is 4.39 Å². The molecule has 0 aliphatic rings. The van der Waals surface area contributed by atoms with E-state index in [2.05, 4.69) is 5.32 Å². The van der Waals surface area contributed by atoms with Crippen LogP contribution in [0.15, 0.2) is 48.5 Å². The van der Waals surface area contributed by atoms with Crippen LogP contribution in [0.5, 0.6) is 11.5 Å². The van der Waals surface area contributed by atoms with Crippen LogP contribution in [-0.4, -0.2) is 20.1 Å². The molecule has 0 unspecified atom stereocenters. The number of halogens is 1. The maximum atomic E-state index is 12.9. The summed E-state index contributed by atoms with van der Waals surface area (Å²) in [5.41, 5.74) is 1.65. The number of hydrogen-bond donors (Lipinski definition) is 1. The van der Waals surface area contributed by atoms with E-state index in [1.165, 1.54) is 18.2 Å². The zero-order valence-electron chi connectivity index (χ0n) is 13.9. The lowest BCUT2D eigenvalue weighted by Gasteiger charge is -2.12. The molecular formula is C19H20FNO3. The zero-order valence-corrected chi connectivity index (χ0v) is 13.9. The third kappa shape index (κ3) is 4.59. The fourth-order valence-electron chi connectivity index (χ4n) is 2.22. The normalized spacial score (nSPS) is 12.0. The first-order chi connectivity index (χ1) is 11.5. The SMILES string of the molecule is COc1ccc(/C=C/C(=O)N[C@H](C)c2ccc(F)cc2)cc1OC. The van der Waals surface area contributed by atoms with Crippen molar-refractivity contribution in [2.24, 2.45) is 0 Å². The second-order valence-electron chi connectivity index (χ2n) is 5.23. The number of ether oxygens (including phenoxy) is 2. The van der Waals surface area contributed by atoms with Gasteiger partial charge in [0.1, 0.15) is 5.82 Å². The lowest BCUT2D eigenvalue weighted by molar-refractivity contribution is -0.117. The summed E-state index contributed by atoms with van der Waals surface area (Å²) in [6.07, 6.45) is 3.13. The van der Waals surface area contributed by atoms with E-state index in [-0.39, 0.29) is 17.8 Å². The van der Waals surface area contributed by atoms with Crippen LogP contribution in [0.3, 0.4) is 0 Å². The third-order valence-electron chi connectivity index (χ3n) is 3.56. The second-order valence-corrected chi connectivity index (χ2v) is 5.23. The molecule has 0 spiro atoms. The van der Waals surface area contributed by atoms with Crippen molar-refractivity contribution in [3.05, 3.63) is 65.5 Å². The Balaban J connectivity index is 2.01. The van der Waals surface area contributed by atoms with Crippen LogP contribution in [0.1, 0.15) is 24.1 Å². The van der Waals surface area contributed by atoms with E-state index in [1.807, 2.05) is 13.0 Å². The Hall–Kier alpha value is -2.82. The summed E-state index contributed by atoms with van der Waals surface area (Å²) in [5, 5.41) is 2.83. The molecule has 5 heteroatoms. The van der Waals surface area contributed by atoms with E-state index in [9.17, 15) is 9.18 Å². The van der Waals surface area contributed by atoms with Crippen LogP contribution < -0.4 is 14.8 Å². The molecule has 0 aliphatic carbocycles. The van der Waals surface area contributed by atoms with Gasteiger partial charge in [0, 0.05) is 6.08 Å². The number of nitrogens with one attached hydrogen (secondary N) is 1. The minimum atomic E-state index is -0.300. The van der Waals surface area contributed by atoms with Crippen molar-refractivity contribution in [1.29, 1.82) is 0 Å². The molecule has 24 heavy (non-hydrogen) atoms. The molecule has 0 aromatic heterocycles. The number of carbonyl (C=O) groups is 1. The van der Waals surface area contributed by atoms with Crippen LogP contribution in [-0.2, 0) is 4.79 Å². The van der Waals surface area contributed by atoms with Gasteiger partial charge >= 0.3 is 0 Å². The summed E-state index contributed by atoms with van der Waals surface area (Å²) in [6.45, 7) is 1.84. The summed E-state index contributed by atoms with van der Waals surface area (Å²) in [7, 11) is 3.13. The van der Waals surface area contributed by atoms with Crippen LogP contribution in [0, 0.1) is 5.82 Å². The van der Waals surface area contributed by atoms with Crippen molar-refractivity contribution < 1.29 is 18.7 Å². The quantitative estimate of drug-likeness (QED) is 0.822. The second kappa shape index (κ2) is 8.15. The molecule has 2 rings (SSSR count). The van der Waals surface area contributed by atoms with E-state index in [4.69, 9.17) is 9.47 Å². The van der Waals surface area contributed by atoms with E-state index < -0.39 is 0 Å². The molecule has 1 N–H and O–H groups in total. The molecule has 2 aromatic carbocycles. The van der Waals surface area contributed by atoms with Gasteiger partial charge in [-0.1, -0.05) is 18.2 Å². The van der Waals surface area contributed by atoms with Gasteiger partial charge in [-0.25, -0.2) is 4.39 Å². The smallest absolute Gasteiger partial charge is 0.244 e. The molecule has 0 saturated carbocycles. The first kappa shape index (κ1) is 17.5. The topological polar surface area (TPSA) is 47.6 Å². The lowest BCUT2D eigenvalue weighted by atomic mass is 10.1. The Labute approximate surface area is 140 Å². The monoisotopic (exact) mass is 329 g/mol. The number of methoxy groups -OCH3 is 2. The first-order valence-electron chi connectivity index (χ1n) is 7.49. The Bertz CT molecular complexity index is 726. The maximum absolute atomic E-state index is 12.9. The molecule has 126 valence electrons. The fourth-order valence-corrected chi connectivity index (χ4v) is 2.22. The van der Waals surface area contributed by atoms with Crippen molar-refractivity contribution in [1.82, 2.24) is 5.32 Å². The highest BCUT2D eigenvalue weighted by Crippen LogP contribution is 2.27. The van der Waals surface area contributed by atoms with Gasteiger partial charge in [-0.05, 0) is 48.4 Å². The Kier molecular flexibility index (Phi) is 5.95. The van der Waals surface area contributed by atoms with E-state index in [0.29, 0.717) is 11.5 Å². The van der Waals surface area contributed by atoms with Gasteiger partial charge in [-0.15, -0.1) is 0 Å². The number of rotatable bonds is 6. The zero-order chi connectivity index (χ0) is 17.5. The highest BCUT2D eigenvalue weighted by atomic mass is 19.1. The summed E-state index contributed by atoms with van der Waals surface area (Å²) in [5.74, 6) is 0.691. The van der Waals surface area contributed by atoms with Gasteiger partial charge in [0.25, 0.3) is 0 Å². The number of amides is 1. The third-order valence-corrected chi connectivity index (χ3v) is 3.56. The highest BCUT2D eigenvalue weighted by molar-refractivity contribution is 5.92. The Morgan fingerprint density at radius 3 is 2.38 bits per heavy atom. The van der Waals surface area contributed by atoms with E-state index >= 15 is 0 Å². The molecule has 1 atom stereocenters. The van der Waals surface area contributed by atoms with Crippen LogP contribution in [0.25, 0.3) is 6.08 Å². The average molecular weight is 329 g/mol. The predicted octanol–water partition coefficient (Wildman–Crippen LogP) is 3.73. The molecular weight excluding hydrogens is 309 g/mol. The maximum Gasteiger partial charge on any atom is 0.244 e. The van der Waals surface area contributed by atoms with Crippen LogP contribution >= 0.6 is 0 Å². The molecule has 0 radical (unpaired) electrons. The molecule has 1 amide bonds. The predicted molar refractivity (Wildman–Crippen MR) is 91.5 cm³/mol. The molecule has 4 nitrogen and oxygen atoms in total. The number of benzene rings is 2. The van der Waals surface area contributed by atoms with Gasteiger partial charge in [0.2, 0.25) is 5.91 Å². The Morgan fingerprint density at radius 1 is 1.08 bits per heavy atom. The van der Waals surface area contributed by atoms with Gasteiger partial charge in [-0.3, -0.25) is 4.79 Å². The molecule has 0 fully saturated rings. The first-order valence-corrected chi connectivity index (χ1v) is 7.49.